The summed E-state index contributed by atoms with van der Waals surface area (Å²) in [6, 6.07) is 3.99. The molecule has 1 aliphatic rings. The molecule has 0 amide bonds. The van der Waals surface area contributed by atoms with Crippen LogP contribution in [0.2, 0.25) is 0 Å². The Morgan fingerprint density at radius 2 is 2.31 bits per heavy atom. The third kappa shape index (κ3) is 1.98. The van der Waals surface area contributed by atoms with Crippen molar-refractivity contribution in [3.8, 4) is 5.88 Å². The maximum absolute atomic E-state index is 4.99. The van der Waals surface area contributed by atoms with Crippen LogP contribution in [0.15, 0.2) is 18.3 Å². The molecular formula is C10H14N2O. The minimum atomic E-state index is 0.687. The molecule has 70 valence electrons. The van der Waals surface area contributed by atoms with E-state index >= 15 is 0 Å². The van der Waals surface area contributed by atoms with Crippen molar-refractivity contribution in [1.29, 1.82) is 0 Å². The van der Waals surface area contributed by atoms with E-state index in [-0.39, 0.29) is 0 Å². The van der Waals surface area contributed by atoms with E-state index < -0.39 is 0 Å². The summed E-state index contributed by atoms with van der Waals surface area (Å²) in [6.07, 6.45) is 3.22. The fraction of sp³-hybridized carbons (Fsp3) is 0.500. The van der Waals surface area contributed by atoms with Crippen molar-refractivity contribution in [2.24, 2.45) is 0 Å². The SMILES string of the molecule is COc1ccc(CN2CCC2)cn1. The van der Waals surface area contributed by atoms with E-state index in [4.69, 9.17) is 4.74 Å². The van der Waals surface area contributed by atoms with Gasteiger partial charge in [0.2, 0.25) is 5.88 Å². The molecule has 2 rings (SSSR count). The standard InChI is InChI=1S/C10H14N2O/c1-13-10-4-3-9(7-11-10)8-12-5-2-6-12/h3-4,7H,2,5-6,8H2,1H3. The molecule has 0 spiro atoms. The fourth-order valence-electron chi connectivity index (χ4n) is 1.42. The molecule has 0 N–H and O–H groups in total. The van der Waals surface area contributed by atoms with Gasteiger partial charge in [-0.25, -0.2) is 4.98 Å². The zero-order valence-electron chi connectivity index (χ0n) is 7.86. The molecule has 0 aliphatic carbocycles. The minimum absolute atomic E-state index is 0.687. The zero-order valence-corrected chi connectivity index (χ0v) is 7.86. The van der Waals surface area contributed by atoms with Gasteiger partial charge in [-0.15, -0.1) is 0 Å². The second-order valence-electron chi connectivity index (χ2n) is 3.34. The van der Waals surface area contributed by atoms with Gasteiger partial charge >= 0.3 is 0 Å². The number of hydrogen-bond acceptors (Lipinski definition) is 3. The summed E-state index contributed by atoms with van der Waals surface area (Å²) < 4.78 is 4.99. The van der Waals surface area contributed by atoms with Gasteiger partial charge in [-0.2, -0.15) is 0 Å². The van der Waals surface area contributed by atoms with E-state index in [9.17, 15) is 0 Å². The summed E-state index contributed by atoms with van der Waals surface area (Å²) in [5.74, 6) is 0.687. The average molecular weight is 178 g/mol. The third-order valence-corrected chi connectivity index (χ3v) is 2.36. The highest BCUT2D eigenvalue weighted by molar-refractivity contribution is 5.17. The van der Waals surface area contributed by atoms with Gasteiger partial charge in [-0.1, -0.05) is 6.07 Å². The lowest BCUT2D eigenvalue weighted by atomic mass is 10.2. The molecule has 0 radical (unpaired) electrons. The van der Waals surface area contributed by atoms with Gasteiger partial charge in [0.15, 0.2) is 0 Å². The first kappa shape index (κ1) is 8.51. The predicted octanol–water partition coefficient (Wildman–Crippen LogP) is 1.30. The quantitative estimate of drug-likeness (QED) is 0.697. The molecule has 0 unspecified atom stereocenters. The van der Waals surface area contributed by atoms with Gasteiger partial charge < -0.3 is 4.74 Å². The Morgan fingerprint density at radius 1 is 1.46 bits per heavy atom. The maximum atomic E-state index is 4.99. The summed E-state index contributed by atoms with van der Waals surface area (Å²) in [6.45, 7) is 3.48. The van der Waals surface area contributed by atoms with E-state index in [1.54, 1.807) is 7.11 Å². The van der Waals surface area contributed by atoms with Crippen LogP contribution in [-0.2, 0) is 6.54 Å². The fourth-order valence-corrected chi connectivity index (χ4v) is 1.42. The van der Waals surface area contributed by atoms with Gasteiger partial charge in [0, 0.05) is 18.8 Å². The second kappa shape index (κ2) is 3.75. The number of methoxy groups -OCH3 is 1. The third-order valence-electron chi connectivity index (χ3n) is 2.36. The van der Waals surface area contributed by atoms with Gasteiger partial charge in [0.05, 0.1) is 7.11 Å². The van der Waals surface area contributed by atoms with Crippen LogP contribution in [0.5, 0.6) is 5.88 Å². The summed E-state index contributed by atoms with van der Waals surface area (Å²) in [7, 11) is 1.64. The smallest absolute Gasteiger partial charge is 0.212 e. The second-order valence-corrected chi connectivity index (χ2v) is 3.34. The number of aromatic nitrogens is 1. The molecule has 1 aromatic heterocycles. The number of nitrogens with zero attached hydrogens (tertiary/aromatic N) is 2. The largest absolute Gasteiger partial charge is 0.481 e. The van der Waals surface area contributed by atoms with Crippen LogP contribution in [0.1, 0.15) is 12.0 Å². The van der Waals surface area contributed by atoms with Gasteiger partial charge in [-0.3, -0.25) is 4.90 Å². The number of pyridine rings is 1. The average Bonchev–Trinajstić information content (AvgIpc) is 2.12. The Kier molecular flexibility index (Phi) is 2.45. The van der Waals surface area contributed by atoms with Crippen LogP contribution in [0, 0.1) is 0 Å². The van der Waals surface area contributed by atoms with Crippen molar-refractivity contribution in [3.63, 3.8) is 0 Å². The summed E-state index contributed by atoms with van der Waals surface area (Å²) >= 11 is 0. The van der Waals surface area contributed by atoms with E-state index in [0.717, 1.165) is 6.54 Å². The Bertz CT molecular complexity index is 267. The van der Waals surface area contributed by atoms with Crippen molar-refractivity contribution >= 4 is 0 Å². The van der Waals surface area contributed by atoms with Crippen molar-refractivity contribution < 1.29 is 4.74 Å². The molecule has 0 aromatic carbocycles. The van der Waals surface area contributed by atoms with Gasteiger partial charge in [-0.05, 0) is 25.1 Å². The van der Waals surface area contributed by atoms with Crippen molar-refractivity contribution in [2.45, 2.75) is 13.0 Å². The van der Waals surface area contributed by atoms with E-state index in [0.29, 0.717) is 5.88 Å². The number of hydrogen-bond donors (Lipinski definition) is 0. The highest BCUT2D eigenvalue weighted by atomic mass is 16.5. The summed E-state index contributed by atoms with van der Waals surface area (Å²) in [4.78, 5) is 6.57. The molecule has 0 bridgehead atoms. The molecule has 2 heterocycles. The Morgan fingerprint density at radius 3 is 2.77 bits per heavy atom. The first-order chi connectivity index (χ1) is 6.38. The molecule has 13 heavy (non-hydrogen) atoms. The summed E-state index contributed by atoms with van der Waals surface area (Å²) in [5.41, 5.74) is 1.26. The monoisotopic (exact) mass is 178 g/mol. The van der Waals surface area contributed by atoms with Crippen molar-refractivity contribution in [2.75, 3.05) is 20.2 Å². The molecule has 0 atom stereocenters. The lowest BCUT2D eigenvalue weighted by Crippen LogP contribution is -2.36. The molecule has 1 aliphatic heterocycles. The lowest BCUT2D eigenvalue weighted by Gasteiger charge is -2.30. The highest BCUT2D eigenvalue weighted by Gasteiger charge is 2.13. The topological polar surface area (TPSA) is 25.4 Å². The van der Waals surface area contributed by atoms with Crippen LogP contribution in [-0.4, -0.2) is 30.1 Å². The van der Waals surface area contributed by atoms with Crippen LogP contribution in [0.25, 0.3) is 0 Å². The van der Waals surface area contributed by atoms with Gasteiger partial charge in [0.1, 0.15) is 0 Å². The maximum Gasteiger partial charge on any atom is 0.212 e. The molecule has 3 heteroatoms. The molecule has 0 saturated carbocycles. The Labute approximate surface area is 78.3 Å². The molecule has 3 nitrogen and oxygen atoms in total. The zero-order chi connectivity index (χ0) is 9.10. The number of ether oxygens (including phenoxy) is 1. The first-order valence-corrected chi connectivity index (χ1v) is 4.60. The van der Waals surface area contributed by atoms with Gasteiger partial charge in [0.25, 0.3) is 0 Å². The van der Waals surface area contributed by atoms with Crippen LogP contribution < -0.4 is 4.74 Å². The van der Waals surface area contributed by atoms with Crippen LogP contribution in [0.3, 0.4) is 0 Å². The van der Waals surface area contributed by atoms with E-state index in [1.807, 2.05) is 12.3 Å². The molecule has 1 saturated heterocycles. The first-order valence-electron chi connectivity index (χ1n) is 4.60. The molecule has 1 fully saturated rings. The van der Waals surface area contributed by atoms with Crippen LogP contribution >= 0.6 is 0 Å². The Hall–Kier alpha value is -1.09. The lowest BCUT2D eigenvalue weighted by molar-refractivity contribution is 0.172. The van der Waals surface area contributed by atoms with E-state index in [2.05, 4.69) is 16.0 Å². The van der Waals surface area contributed by atoms with Crippen molar-refractivity contribution in [1.82, 2.24) is 9.88 Å². The van der Waals surface area contributed by atoms with Crippen molar-refractivity contribution in [3.05, 3.63) is 23.9 Å². The number of likely N-dealkylation sites (tertiary alicyclic amines) is 1. The van der Waals surface area contributed by atoms with Crippen LogP contribution in [0.4, 0.5) is 0 Å². The normalized spacial score (nSPS) is 16.7. The molecular weight excluding hydrogens is 164 g/mol. The number of rotatable bonds is 3. The molecule has 1 aromatic rings. The van der Waals surface area contributed by atoms with E-state index in [1.165, 1.54) is 25.1 Å². The minimum Gasteiger partial charge on any atom is -0.481 e. The predicted molar refractivity (Wildman–Crippen MR) is 50.7 cm³/mol. The highest BCUT2D eigenvalue weighted by Crippen LogP contribution is 2.13. The summed E-state index contributed by atoms with van der Waals surface area (Å²) in [5, 5.41) is 0. The Balaban J connectivity index is 1.96.